The molecule has 0 amide bonds. The zero-order chi connectivity index (χ0) is 12.7. The molecule has 0 N–H and O–H groups in total. The van der Waals surface area contributed by atoms with E-state index in [2.05, 4.69) is 0 Å². The lowest BCUT2D eigenvalue weighted by atomic mass is 9.66. The van der Waals surface area contributed by atoms with Gasteiger partial charge in [0, 0.05) is 0 Å². The summed E-state index contributed by atoms with van der Waals surface area (Å²) >= 11 is 0. The molecule has 0 bridgehead atoms. The average molecular weight is 262 g/mol. The second kappa shape index (κ2) is 5.39. The van der Waals surface area contributed by atoms with Crippen LogP contribution in [-0.4, -0.2) is 12.2 Å². The fraction of sp³-hybridized carbons (Fsp3) is 1.00. The van der Waals surface area contributed by atoms with Crippen molar-refractivity contribution in [3.05, 3.63) is 0 Å². The Morgan fingerprint density at radius 1 is 0.474 bits per heavy atom. The molecular weight excluding hydrogens is 232 g/mol. The summed E-state index contributed by atoms with van der Waals surface area (Å²) in [4.78, 5) is 0. The Hall–Kier alpha value is -0.0400. The number of hydrogen-bond donors (Lipinski definition) is 0. The van der Waals surface area contributed by atoms with Crippen molar-refractivity contribution in [3.63, 3.8) is 0 Å². The first kappa shape index (κ1) is 12.7. The van der Waals surface area contributed by atoms with Gasteiger partial charge in [0.05, 0.1) is 12.2 Å². The van der Waals surface area contributed by atoms with Crippen molar-refractivity contribution in [1.29, 1.82) is 0 Å². The van der Waals surface area contributed by atoms with Crippen LogP contribution in [0.25, 0.3) is 0 Å². The molecule has 4 rings (SSSR count). The van der Waals surface area contributed by atoms with Gasteiger partial charge < -0.3 is 4.74 Å². The molecule has 3 aliphatic carbocycles. The van der Waals surface area contributed by atoms with Gasteiger partial charge in [0.1, 0.15) is 0 Å². The summed E-state index contributed by atoms with van der Waals surface area (Å²) in [6, 6.07) is 0. The predicted octanol–water partition coefficient (Wildman–Crippen LogP) is 4.94. The van der Waals surface area contributed by atoms with Crippen molar-refractivity contribution in [3.8, 4) is 0 Å². The summed E-state index contributed by atoms with van der Waals surface area (Å²) in [6.07, 6.45) is 19.5. The van der Waals surface area contributed by atoms with Crippen LogP contribution >= 0.6 is 0 Å². The second-order valence-electron chi connectivity index (χ2n) is 7.86. The highest BCUT2D eigenvalue weighted by molar-refractivity contribution is 4.94. The van der Waals surface area contributed by atoms with Gasteiger partial charge in [-0.05, 0) is 68.6 Å². The molecule has 108 valence electrons. The molecule has 3 saturated carbocycles. The first-order valence-corrected chi connectivity index (χ1v) is 9.05. The van der Waals surface area contributed by atoms with Crippen molar-refractivity contribution in [2.75, 3.05) is 0 Å². The molecule has 0 aromatic heterocycles. The molecule has 1 saturated heterocycles. The van der Waals surface area contributed by atoms with Crippen LogP contribution < -0.4 is 0 Å². The summed E-state index contributed by atoms with van der Waals surface area (Å²) in [5.41, 5.74) is 0. The molecule has 3 atom stereocenters. The fourth-order valence-corrected chi connectivity index (χ4v) is 5.56. The Balaban J connectivity index is 1.27. The highest BCUT2D eigenvalue weighted by atomic mass is 16.6. The third-order valence-electron chi connectivity index (χ3n) is 6.84. The molecule has 1 nitrogen and oxygen atoms in total. The molecule has 19 heavy (non-hydrogen) atoms. The zero-order valence-corrected chi connectivity index (χ0v) is 12.4. The number of rotatable bonds is 2. The molecule has 0 aromatic rings. The van der Waals surface area contributed by atoms with Crippen LogP contribution in [0, 0.1) is 23.7 Å². The maximum Gasteiger partial charge on any atom is 0.0844 e. The summed E-state index contributed by atoms with van der Waals surface area (Å²) < 4.78 is 5.72. The second-order valence-corrected chi connectivity index (χ2v) is 7.86. The maximum absolute atomic E-state index is 5.72. The molecule has 4 fully saturated rings. The van der Waals surface area contributed by atoms with Crippen molar-refractivity contribution in [1.82, 2.24) is 0 Å². The number of fused-ring (bicyclic) bond motifs is 1. The van der Waals surface area contributed by atoms with Gasteiger partial charge >= 0.3 is 0 Å². The van der Waals surface area contributed by atoms with Crippen LogP contribution in [0.1, 0.15) is 77.0 Å². The van der Waals surface area contributed by atoms with Crippen LogP contribution in [0.2, 0.25) is 0 Å². The topological polar surface area (TPSA) is 12.5 Å². The van der Waals surface area contributed by atoms with Gasteiger partial charge in [-0.15, -0.1) is 0 Å². The Labute approximate surface area is 118 Å². The van der Waals surface area contributed by atoms with E-state index in [1.807, 2.05) is 0 Å². The van der Waals surface area contributed by atoms with Gasteiger partial charge in [-0.25, -0.2) is 0 Å². The van der Waals surface area contributed by atoms with Crippen LogP contribution in [0.5, 0.6) is 0 Å². The lowest BCUT2D eigenvalue weighted by molar-refractivity contribution is 0.126. The molecular formula is C18H30O. The summed E-state index contributed by atoms with van der Waals surface area (Å²) in [7, 11) is 0. The van der Waals surface area contributed by atoms with Crippen LogP contribution in [-0.2, 0) is 4.74 Å². The lowest BCUT2D eigenvalue weighted by Gasteiger charge is -2.39. The molecule has 0 radical (unpaired) electrons. The average Bonchev–Trinajstić information content (AvgIpc) is 3.27. The standard InChI is InChI=1S/C18H30O/c1-2-4-13(5-3-1)14-6-8-15(9-7-14)16-10-11-17-18(12-16)19-17/h13-18H,1-12H2. The van der Waals surface area contributed by atoms with Crippen molar-refractivity contribution in [2.24, 2.45) is 23.7 Å². The van der Waals surface area contributed by atoms with E-state index in [1.165, 1.54) is 38.5 Å². The smallest absolute Gasteiger partial charge is 0.0844 e. The van der Waals surface area contributed by atoms with Crippen molar-refractivity contribution < 1.29 is 4.74 Å². The Kier molecular flexibility index (Phi) is 3.60. The van der Waals surface area contributed by atoms with E-state index < -0.39 is 0 Å². The quantitative estimate of drug-likeness (QED) is 0.642. The first-order chi connectivity index (χ1) is 9.40. The Bertz CT molecular complexity index is 299. The predicted molar refractivity (Wildman–Crippen MR) is 78.0 cm³/mol. The van der Waals surface area contributed by atoms with E-state index in [4.69, 9.17) is 4.74 Å². The third kappa shape index (κ3) is 2.73. The zero-order valence-electron chi connectivity index (χ0n) is 12.4. The highest BCUT2D eigenvalue weighted by Gasteiger charge is 2.46. The van der Waals surface area contributed by atoms with Gasteiger partial charge in [-0.3, -0.25) is 0 Å². The van der Waals surface area contributed by atoms with Crippen LogP contribution in [0.3, 0.4) is 0 Å². The van der Waals surface area contributed by atoms with E-state index in [1.54, 1.807) is 38.5 Å². The van der Waals surface area contributed by atoms with E-state index in [0.717, 1.165) is 23.7 Å². The largest absolute Gasteiger partial charge is 0.370 e. The molecule has 0 spiro atoms. The number of hydrogen-bond acceptors (Lipinski definition) is 1. The Morgan fingerprint density at radius 2 is 1.05 bits per heavy atom. The SMILES string of the molecule is C1CCC(C2CCC(C3CCC4OC4C3)CC2)CC1. The van der Waals surface area contributed by atoms with Gasteiger partial charge in [-0.2, -0.15) is 0 Å². The monoisotopic (exact) mass is 262 g/mol. The lowest BCUT2D eigenvalue weighted by Crippen LogP contribution is -2.29. The van der Waals surface area contributed by atoms with E-state index in [9.17, 15) is 0 Å². The molecule has 3 unspecified atom stereocenters. The minimum Gasteiger partial charge on any atom is -0.370 e. The third-order valence-corrected chi connectivity index (χ3v) is 6.84. The van der Waals surface area contributed by atoms with Gasteiger partial charge in [0.2, 0.25) is 0 Å². The molecule has 0 aromatic carbocycles. The maximum atomic E-state index is 5.72. The van der Waals surface area contributed by atoms with E-state index in [-0.39, 0.29) is 0 Å². The first-order valence-electron chi connectivity index (χ1n) is 9.05. The molecule has 1 heteroatoms. The summed E-state index contributed by atoms with van der Waals surface area (Å²) in [6.45, 7) is 0. The van der Waals surface area contributed by atoms with Gasteiger partial charge in [-0.1, -0.05) is 32.1 Å². The van der Waals surface area contributed by atoms with Crippen LogP contribution in [0.15, 0.2) is 0 Å². The Morgan fingerprint density at radius 3 is 1.74 bits per heavy atom. The van der Waals surface area contributed by atoms with Crippen molar-refractivity contribution in [2.45, 2.75) is 89.3 Å². The number of epoxide rings is 1. The van der Waals surface area contributed by atoms with E-state index >= 15 is 0 Å². The van der Waals surface area contributed by atoms with Crippen LogP contribution in [0.4, 0.5) is 0 Å². The normalized spacial score (nSPS) is 47.7. The molecule has 4 aliphatic rings. The fourth-order valence-electron chi connectivity index (χ4n) is 5.56. The minimum atomic E-state index is 0.690. The van der Waals surface area contributed by atoms with Gasteiger partial charge in [0.15, 0.2) is 0 Å². The molecule has 1 heterocycles. The molecule has 1 aliphatic heterocycles. The summed E-state index contributed by atoms with van der Waals surface area (Å²) in [5.74, 6) is 4.29. The van der Waals surface area contributed by atoms with Crippen molar-refractivity contribution >= 4 is 0 Å². The van der Waals surface area contributed by atoms with Gasteiger partial charge in [0.25, 0.3) is 0 Å². The summed E-state index contributed by atoms with van der Waals surface area (Å²) in [5, 5.41) is 0. The minimum absolute atomic E-state index is 0.690. The number of ether oxygens (including phenoxy) is 1. The van der Waals surface area contributed by atoms with E-state index in [0.29, 0.717) is 12.2 Å². The highest BCUT2D eigenvalue weighted by Crippen LogP contribution is 2.48.